The molecule has 0 fully saturated rings. The SMILES string of the molecule is CC(C)(C)c1cc(C2=C3C=CC(=N3)C(c3cc(C(C)(C)C)cc(C(C)(C)C)c3)=C3C=CC(=N3)C(c3cc(C(C)(C)C)cc(C(C)(C)C)c3)=C3N=C(C4=C3[N-]c3ccccc3[N-]4)C(c3cc(C(C)(C)C)cc(C(C)(C)C)c3)=C3C=CC2=N3)cc(C(C)(C)C)c1.[Cl][Sn+2][Cl]. The molecule has 470 valence electrons. The van der Waals surface area contributed by atoms with Gasteiger partial charge in [-0.3, -0.25) is 4.99 Å². The molecule has 0 spiro atoms. The summed E-state index contributed by atoms with van der Waals surface area (Å²) >= 11 is -0.826. The van der Waals surface area contributed by atoms with Crippen molar-refractivity contribution >= 4 is 93.2 Å². The molecular formula is C82H94Cl2N6Sn. The van der Waals surface area contributed by atoms with Gasteiger partial charge in [0.1, 0.15) is 0 Å². The second-order valence-corrected chi connectivity index (χ2v) is 37.9. The number of allylic oxidation sites excluding steroid dienone is 10. The number of rotatable bonds is 4. The van der Waals surface area contributed by atoms with Crippen LogP contribution in [-0.2, 0) is 43.3 Å². The molecule has 5 aromatic rings. The summed E-state index contributed by atoms with van der Waals surface area (Å²) in [6.07, 6.45) is 13.3. The van der Waals surface area contributed by atoms with Crippen molar-refractivity contribution in [1.82, 2.24) is 0 Å². The number of nitrogens with zero attached hydrogens (tertiary/aromatic N) is 6. The van der Waals surface area contributed by atoms with Gasteiger partial charge in [0, 0.05) is 22.3 Å². The Balaban J connectivity index is 0.00000297. The first kappa shape index (κ1) is 67.6. The van der Waals surface area contributed by atoms with Gasteiger partial charge < -0.3 is 10.6 Å². The van der Waals surface area contributed by atoms with Crippen LogP contribution < -0.4 is 0 Å². The average Bonchev–Trinajstić information content (AvgIpc) is 1.61. The van der Waals surface area contributed by atoms with Crippen molar-refractivity contribution < 1.29 is 0 Å². The van der Waals surface area contributed by atoms with Crippen molar-refractivity contribution in [2.75, 3.05) is 0 Å². The maximum absolute atomic E-state index is 6.11. The van der Waals surface area contributed by atoms with Gasteiger partial charge in [0.25, 0.3) is 0 Å². The molecule has 6 nitrogen and oxygen atoms in total. The summed E-state index contributed by atoms with van der Waals surface area (Å²) in [5, 5.41) is 11.4. The molecule has 6 aliphatic heterocycles. The third-order valence-electron chi connectivity index (χ3n) is 18.0. The molecule has 0 amide bonds. The van der Waals surface area contributed by atoms with E-state index in [-0.39, 0.29) is 43.3 Å². The summed E-state index contributed by atoms with van der Waals surface area (Å²) in [5.41, 5.74) is 25.9. The second-order valence-electron chi connectivity index (χ2n) is 33.6. The van der Waals surface area contributed by atoms with Gasteiger partial charge in [-0.05, 0) is 147 Å². The zero-order chi connectivity index (χ0) is 66.7. The van der Waals surface area contributed by atoms with Crippen molar-refractivity contribution in [2.24, 2.45) is 20.0 Å². The Labute approximate surface area is 563 Å². The average molecular weight is 1350 g/mol. The van der Waals surface area contributed by atoms with Gasteiger partial charge in [-0.2, -0.15) is 11.4 Å². The maximum atomic E-state index is 6.11. The van der Waals surface area contributed by atoms with E-state index in [1.54, 1.807) is 0 Å². The predicted octanol–water partition coefficient (Wildman–Crippen LogP) is 23.4. The summed E-state index contributed by atoms with van der Waals surface area (Å²) in [4.78, 5) is 23.9. The van der Waals surface area contributed by atoms with Crippen LogP contribution in [0.15, 0.2) is 188 Å². The molecule has 0 N–H and O–H groups in total. The summed E-state index contributed by atoms with van der Waals surface area (Å²) in [6, 6.07) is 36.9. The van der Waals surface area contributed by atoms with Gasteiger partial charge in [0.05, 0.1) is 45.6 Å². The minimum atomic E-state index is -0.826. The third kappa shape index (κ3) is 14.0. The van der Waals surface area contributed by atoms with E-state index < -0.39 is 18.9 Å². The Morgan fingerprint density at radius 1 is 0.297 bits per heavy atom. The van der Waals surface area contributed by atoms with Crippen molar-refractivity contribution in [1.29, 1.82) is 0 Å². The van der Waals surface area contributed by atoms with Crippen LogP contribution in [0.25, 0.3) is 32.9 Å². The monoisotopic (exact) mass is 1350 g/mol. The number of benzene rings is 5. The van der Waals surface area contributed by atoms with E-state index in [9.17, 15) is 0 Å². The van der Waals surface area contributed by atoms with Crippen LogP contribution in [-0.4, -0.2) is 41.7 Å². The molecule has 0 aliphatic carbocycles. The standard InChI is InChI=1S/C82H94N6.2ClH.Sn/c1-75(2,3)51-35-47(36-52(43-51)76(4,5)6)67-61-29-30-62(83-61)68(48-37-53(77(7,8)9)44-54(38-48)78(10,11)12)64-32-34-66(85-64)70(50-41-57(81(19,20)21)46-58(42-50)82(22,23)24)72-74-73(86-59-27-25-26-28-60(59)87-74)71(88-72)69(65-33-31-63(67)84-65)49-39-55(79(13,14)15)45-56(40-49)80(16,17)18;;;/h25-46H,1-24H3;2*1H;/q-2;;;+4/p-2. The van der Waals surface area contributed by atoms with Crippen molar-refractivity contribution in [3.8, 4) is 0 Å². The Bertz CT molecular complexity index is 4120. The van der Waals surface area contributed by atoms with Crippen LogP contribution in [0.4, 0.5) is 11.4 Å². The van der Waals surface area contributed by atoms with Crippen LogP contribution in [0.2, 0.25) is 0 Å². The van der Waals surface area contributed by atoms with E-state index >= 15 is 0 Å². The minimum absolute atomic E-state index is 0.148. The first-order valence-corrected chi connectivity index (χ1v) is 39.5. The van der Waals surface area contributed by atoms with Crippen molar-refractivity contribution in [2.45, 2.75) is 209 Å². The van der Waals surface area contributed by atoms with Crippen LogP contribution in [0.3, 0.4) is 0 Å². The fourth-order valence-electron chi connectivity index (χ4n) is 12.0. The fourth-order valence-corrected chi connectivity index (χ4v) is 12.0. The topological polar surface area (TPSA) is 77.6 Å². The molecule has 6 heterocycles. The first-order valence-electron chi connectivity index (χ1n) is 32.3. The van der Waals surface area contributed by atoms with Crippen LogP contribution >= 0.6 is 17.8 Å². The van der Waals surface area contributed by atoms with Gasteiger partial charge in [-0.15, -0.1) is 11.4 Å². The van der Waals surface area contributed by atoms with Gasteiger partial charge in [0.2, 0.25) is 0 Å². The Kier molecular flexibility index (Phi) is 17.8. The zero-order valence-corrected chi connectivity index (χ0v) is 63.0. The molecule has 0 unspecified atom stereocenters. The quantitative estimate of drug-likeness (QED) is 0.161. The van der Waals surface area contributed by atoms with Gasteiger partial charge >= 0.3 is 36.7 Å². The Hall–Kier alpha value is -6.32. The molecule has 0 saturated heterocycles. The van der Waals surface area contributed by atoms with Crippen molar-refractivity contribution in [3.63, 3.8) is 0 Å². The molecule has 0 atom stereocenters. The number of fused-ring (bicyclic) bond motifs is 7. The van der Waals surface area contributed by atoms with E-state index in [2.05, 4.69) is 288 Å². The number of halogens is 2. The number of hydrogen-bond donors (Lipinski definition) is 0. The van der Waals surface area contributed by atoms with E-state index in [4.69, 9.17) is 48.4 Å². The molecule has 9 heteroatoms. The van der Waals surface area contributed by atoms with E-state index in [1.165, 1.54) is 44.5 Å². The fraction of sp³-hybridized carbons (Fsp3) is 0.390. The second kappa shape index (κ2) is 23.9. The molecule has 5 aromatic carbocycles. The van der Waals surface area contributed by atoms with Crippen LogP contribution in [0.5, 0.6) is 0 Å². The third-order valence-corrected chi connectivity index (χ3v) is 18.0. The molecule has 11 rings (SSSR count). The number of aliphatic imine (C=N–C) groups is 4. The van der Waals surface area contributed by atoms with E-state index in [1.807, 2.05) is 12.1 Å². The van der Waals surface area contributed by atoms with Crippen LogP contribution in [0, 0.1) is 0 Å². The van der Waals surface area contributed by atoms with Crippen LogP contribution in [0.1, 0.15) is 233 Å². The van der Waals surface area contributed by atoms with Gasteiger partial charge in [-0.1, -0.05) is 263 Å². The zero-order valence-electron chi connectivity index (χ0n) is 58.6. The summed E-state index contributed by atoms with van der Waals surface area (Å²) < 4.78 is 0. The molecule has 91 heavy (non-hydrogen) atoms. The molecule has 0 saturated carbocycles. The van der Waals surface area contributed by atoms with E-state index in [0.29, 0.717) is 11.4 Å². The van der Waals surface area contributed by atoms with E-state index in [0.717, 1.165) is 102 Å². The predicted molar refractivity (Wildman–Crippen MR) is 397 cm³/mol. The Morgan fingerprint density at radius 3 is 0.824 bits per heavy atom. The first-order chi connectivity index (χ1) is 42.0. The normalized spacial score (nSPS) is 16.9. The van der Waals surface area contributed by atoms with Gasteiger partial charge in [0.15, 0.2) is 0 Å². The molecule has 0 aromatic heterocycles. The number of para-hydroxylation sites is 2. The summed E-state index contributed by atoms with van der Waals surface area (Å²) in [7, 11) is 9.87. The van der Waals surface area contributed by atoms with Gasteiger partial charge in [-0.25, -0.2) is 15.0 Å². The number of hydrogen-bond acceptors (Lipinski definition) is 4. The Morgan fingerprint density at radius 2 is 0.538 bits per heavy atom. The summed E-state index contributed by atoms with van der Waals surface area (Å²) in [6.45, 7) is 55.4. The molecule has 6 aliphatic rings. The summed E-state index contributed by atoms with van der Waals surface area (Å²) in [5.74, 6) is 0. The molecule has 8 bridgehead atoms. The van der Waals surface area contributed by atoms with Crippen molar-refractivity contribution in [3.05, 3.63) is 245 Å². The molecular weight excluding hydrogens is 1260 g/mol. The molecule has 0 radical (unpaired) electrons.